The third-order valence-corrected chi connectivity index (χ3v) is 4.26. The summed E-state index contributed by atoms with van der Waals surface area (Å²) in [7, 11) is 5.18. The Hall–Kier alpha value is -2.83. The average molecular weight is 372 g/mol. The van der Waals surface area contributed by atoms with Crippen LogP contribution in [0.4, 0.5) is 5.82 Å². The van der Waals surface area contributed by atoms with E-state index in [4.69, 9.17) is 9.47 Å². The Morgan fingerprint density at radius 1 is 1.15 bits per heavy atom. The first-order valence-electron chi connectivity index (χ1n) is 9.11. The van der Waals surface area contributed by atoms with Gasteiger partial charge < -0.3 is 19.7 Å². The Balaban J connectivity index is 1.87. The van der Waals surface area contributed by atoms with Crippen LogP contribution in [0.5, 0.6) is 11.5 Å². The largest absolute Gasteiger partial charge is 0.493 e. The Morgan fingerprint density at radius 2 is 1.93 bits per heavy atom. The molecule has 1 aromatic heterocycles. The number of carbonyl (C=O) groups is 1. The summed E-state index contributed by atoms with van der Waals surface area (Å²) in [5, 5.41) is 2.87. The summed E-state index contributed by atoms with van der Waals surface area (Å²) >= 11 is 0. The van der Waals surface area contributed by atoms with Crippen LogP contribution in [0.1, 0.15) is 35.8 Å². The average Bonchev–Trinajstić information content (AvgIpc) is 2.71. The molecule has 1 N–H and O–H groups in total. The highest BCUT2D eigenvalue weighted by Crippen LogP contribution is 2.27. The number of nitrogens with one attached hydrogen (secondary N) is 1. The molecule has 1 amide bonds. The standard InChI is InChI=1S/C20H28N4O3/c1-5-6-11-24(2)19-14-22-16(13-23-19)20(25)21-10-9-15-7-8-17(26-3)18(12-15)27-4/h7-8,12-14H,5-6,9-11H2,1-4H3,(H,21,25). The molecule has 0 fully saturated rings. The molecule has 2 rings (SSSR count). The van der Waals surface area contributed by atoms with Crippen LogP contribution in [0.25, 0.3) is 0 Å². The van der Waals surface area contributed by atoms with Gasteiger partial charge in [-0.15, -0.1) is 0 Å². The van der Waals surface area contributed by atoms with E-state index in [0.717, 1.165) is 30.8 Å². The van der Waals surface area contributed by atoms with Crippen molar-refractivity contribution < 1.29 is 14.3 Å². The summed E-state index contributed by atoms with van der Waals surface area (Å²) in [6, 6.07) is 5.72. The summed E-state index contributed by atoms with van der Waals surface area (Å²) < 4.78 is 10.5. The molecule has 0 aliphatic heterocycles. The minimum atomic E-state index is -0.231. The summed E-state index contributed by atoms with van der Waals surface area (Å²) in [5.74, 6) is 1.90. The van der Waals surface area contributed by atoms with E-state index in [9.17, 15) is 4.79 Å². The van der Waals surface area contributed by atoms with Crippen LogP contribution in [0.15, 0.2) is 30.6 Å². The summed E-state index contributed by atoms with van der Waals surface area (Å²) in [6.45, 7) is 3.56. The van der Waals surface area contributed by atoms with Gasteiger partial charge >= 0.3 is 0 Å². The van der Waals surface area contributed by atoms with E-state index in [1.165, 1.54) is 6.20 Å². The number of nitrogens with zero attached hydrogens (tertiary/aromatic N) is 3. The fourth-order valence-electron chi connectivity index (χ4n) is 2.59. The molecule has 0 aliphatic carbocycles. The van der Waals surface area contributed by atoms with Gasteiger partial charge in [0.2, 0.25) is 0 Å². The van der Waals surface area contributed by atoms with Crippen LogP contribution in [-0.2, 0) is 6.42 Å². The van der Waals surface area contributed by atoms with Gasteiger partial charge in [0.1, 0.15) is 11.5 Å². The highest BCUT2D eigenvalue weighted by Gasteiger charge is 2.10. The zero-order valence-corrected chi connectivity index (χ0v) is 16.5. The van der Waals surface area contributed by atoms with Gasteiger partial charge in [0.25, 0.3) is 5.91 Å². The van der Waals surface area contributed by atoms with E-state index in [0.29, 0.717) is 30.2 Å². The highest BCUT2D eigenvalue weighted by atomic mass is 16.5. The van der Waals surface area contributed by atoms with E-state index < -0.39 is 0 Å². The fourth-order valence-corrected chi connectivity index (χ4v) is 2.59. The van der Waals surface area contributed by atoms with Gasteiger partial charge in [0.05, 0.1) is 26.6 Å². The predicted octanol–water partition coefficient (Wildman–Crippen LogP) is 2.70. The second kappa shape index (κ2) is 10.4. The summed E-state index contributed by atoms with van der Waals surface area (Å²) in [5.41, 5.74) is 1.36. The number of amides is 1. The lowest BCUT2D eigenvalue weighted by Crippen LogP contribution is -2.27. The van der Waals surface area contributed by atoms with Crippen LogP contribution >= 0.6 is 0 Å². The first-order valence-corrected chi connectivity index (χ1v) is 9.11. The van der Waals surface area contributed by atoms with Gasteiger partial charge in [-0.05, 0) is 30.5 Å². The van der Waals surface area contributed by atoms with Gasteiger partial charge in [-0.1, -0.05) is 19.4 Å². The van der Waals surface area contributed by atoms with Crippen molar-refractivity contribution in [3.63, 3.8) is 0 Å². The maximum absolute atomic E-state index is 12.2. The number of aromatic nitrogens is 2. The van der Waals surface area contributed by atoms with Crippen LogP contribution in [-0.4, -0.2) is 50.2 Å². The van der Waals surface area contributed by atoms with E-state index in [-0.39, 0.29) is 5.91 Å². The minimum absolute atomic E-state index is 0.231. The normalized spacial score (nSPS) is 10.4. The minimum Gasteiger partial charge on any atom is -0.493 e. The molecule has 7 nitrogen and oxygen atoms in total. The molecular formula is C20H28N4O3. The molecule has 1 heterocycles. The molecule has 2 aromatic rings. The van der Waals surface area contributed by atoms with Crippen molar-refractivity contribution in [1.29, 1.82) is 0 Å². The van der Waals surface area contributed by atoms with Crippen molar-refractivity contribution in [2.45, 2.75) is 26.2 Å². The molecule has 27 heavy (non-hydrogen) atoms. The first-order chi connectivity index (χ1) is 13.1. The van der Waals surface area contributed by atoms with Crippen molar-refractivity contribution >= 4 is 11.7 Å². The maximum atomic E-state index is 12.2. The molecule has 0 radical (unpaired) electrons. The number of methoxy groups -OCH3 is 2. The van der Waals surface area contributed by atoms with Crippen LogP contribution in [0, 0.1) is 0 Å². The lowest BCUT2D eigenvalue weighted by atomic mass is 10.1. The van der Waals surface area contributed by atoms with Crippen LogP contribution in [0.2, 0.25) is 0 Å². The summed E-state index contributed by atoms with van der Waals surface area (Å²) in [4.78, 5) is 22.8. The summed E-state index contributed by atoms with van der Waals surface area (Å²) in [6.07, 6.45) is 6.05. The van der Waals surface area contributed by atoms with Crippen molar-refractivity contribution in [2.75, 3.05) is 39.3 Å². The molecule has 0 atom stereocenters. The number of carbonyl (C=O) groups excluding carboxylic acids is 1. The SMILES string of the molecule is CCCCN(C)c1cnc(C(=O)NCCc2ccc(OC)c(OC)c2)cn1. The Kier molecular flexibility index (Phi) is 7.85. The van der Waals surface area contributed by atoms with E-state index in [1.807, 2.05) is 30.1 Å². The molecular weight excluding hydrogens is 344 g/mol. The molecule has 0 bridgehead atoms. The fraction of sp³-hybridized carbons (Fsp3) is 0.450. The second-order valence-corrected chi connectivity index (χ2v) is 6.23. The van der Waals surface area contributed by atoms with Gasteiger partial charge in [-0.25, -0.2) is 9.97 Å². The number of anilines is 1. The maximum Gasteiger partial charge on any atom is 0.271 e. The van der Waals surface area contributed by atoms with Crippen molar-refractivity contribution in [2.24, 2.45) is 0 Å². The highest BCUT2D eigenvalue weighted by molar-refractivity contribution is 5.92. The Bertz CT molecular complexity index is 735. The molecule has 1 aromatic carbocycles. The molecule has 0 unspecified atom stereocenters. The van der Waals surface area contributed by atoms with E-state index in [1.54, 1.807) is 20.4 Å². The van der Waals surface area contributed by atoms with E-state index >= 15 is 0 Å². The van der Waals surface area contributed by atoms with Crippen molar-refractivity contribution in [1.82, 2.24) is 15.3 Å². The Labute approximate surface area is 160 Å². The molecule has 0 saturated heterocycles. The number of ether oxygens (including phenoxy) is 2. The third kappa shape index (κ3) is 5.84. The Morgan fingerprint density at radius 3 is 2.56 bits per heavy atom. The van der Waals surface area contributed by atoms with Crippen molar-refractivity contribution in [3.05, 3.63) is 41.9 Å². The van der Waals surface area contributed by atoms with Crippen molar-refractivity contribution in [3.8, 4) is 11.5 Å². The van der Waals surface area contributed by atoms with Gasteiger partial charge in [-0.3, -0.25) is 4.79 Å². The number of hydrogen-bond donors (Lipinski definition) is 1. The van der Waals surface area contributed by atoms with Gasteiger partial charge in [0.15, 0.2) is 11.5 Å². The lowest BCUT2D eigenvalue weighted by molar-refractivity contribution is 0.0949. The molecule has 0 saturated carbocycles. The quantitative estimate of drug-likeness (QED) is 0.691. The van der Waals surface area contributed by atoms with Gasteiger partial charge in [0, 0.05) is 20.1 Å². The number of rotatable bonds is 10. The number of hydrogen-bond acceptors (Lipinski definition) is 6. The zero-order valence-electron chi connectivity index (χ0n) is 16.5. The van der Waals surface area contributed by atoms with Gasteiger partial charge in [-0.2, -0.15) is 0 Å². The molecule has 7 heteroatoms. The second-order valence-electron chi connectivity index (χ2n) is 6.23. The molecule has 0 spiro atoms. The molecule has 0 aliphatic rings. The van der Waals surface area contributed by atoms with Crippen LogP contribution in [0.3, 0.4) is 0 Å². The number of benzene rings is 1. The lowest BCUT2D eigenvalue weighted by Gasteiger charge is -2.17. The predicted molar refractivity (Wildman–Crippen MR) is 106 cm³/mol. The topological polar surface area (TPSA) is 76.6 Å². The van der Waals surface area contributed by atoms with E-state index in [2.05, 4.69) is 22.2 Å². The van der Waals surface area contributed by atoms with Crippen LogP contribution < -0.4 is 19.7 Å². The smallest absolute Gasteiger partial charge is 0.271 e. The third-order valence-electron chi connectivity index (χ3n) is 4.26. The molecule has 146 valence electrons. The zero-order chi connectivity index (χ0) is 19.6. The first kappa shape index (κ1) is 20.5. The number of unbranched alkanes of at least 4 members (excludes halogenated alkanes) is 1. The monoisotopic (exact) mass is 372 g/mol.